The van der Waals surface area contributed by atoms with Crippen LogP contribution in [0.15, 0.2) is 48.6 Å². The van der Waals surface area contributed by atoms with Gasteiger partial charge in [0, 0.05) is 19.3 Å². The van der Waals surface area contributed by atoms with Crippen LogP contribution in [0.25, 0.3) is 0 Å². The SMILES string of the molecule is CC/C=C\C/C=C\C/C=C\C/C=C\CCCCCCC(=O)O[C@@H](COC(=O)CCCCCCCCCCCCCCCCC)COC(=O)CCCCCCCCCCCCCCCCCCCCCCC. The summed E-state index contributed by atoms with van der Waals surface area (Å²) < 4.78 is 16.9. The van der Waals surface area contributed by atoms with Crippen molar-refractivity contribution < 1.29 is 28.6 Å². The zero-order valence-corrected chi connectivity index (χ0v) is 47.5. The summed E-state index contributed by atoms with van der Waals surface area (Å²) in [6.45, 7) is 6.56. The Balaban J connectivity index is 4.34. The molecule has 71 heavy (non-hydrogen) atoms. The van der Waals surface area contributed by atoms with Gasteiger partial charge in [-0.2, -0.15) is 0 Å². The first kappa shape index (κ1) is 68.4. The van der Waals surface area contributed by atoms with E-state index in [-0.39, 0.29) is 31.1 Å². The lowest BCUT2D eigenvalue weighted by atomic mass is 10.0. The third kappa shape index (κ3) is 58.1. The van der Waals surface area contributed by atoms with Gasteiger partial charge in [-0.15, -0.1) is 0 Å². The number of carbonyl (C=O) groups excluding carboxylic acids is 3. The highest BCUT2D eigenvalue weighted by atomic mass is 16.6. The number of hydrogen-bond acceptors (Lipinski definition) is 6. The van der Waals surface area contributed by atoms with Crippen LogP contribution in [-0.2, 0) is 28.6 Å². The molecule has 0 amide bonds. The monoisotopic (exact) mass is 995 g/mol. The zero-order chi connectivity index (χ0) is 51.4. The molecule has 0 bridgehead atoms. The van der Waals surface area contributed by atoms with Crippen molar-refractivity contribution in [3.05, 3.63) is 48.6 Å². The summed E-state index contributed by atoms with van der Waals surface area (Å²) >= 11 is 0. The number of hydrogen-bond donors (Lipinski definition) is 0. The minimum atomic E-state index is -0.783. The van der Waals surface area contributed by atoms with Crippen molar-refractivity contribution in [2.24, 2.45) is 0 Å². The standard InChI is InChI=1S/C65H118O6/c1-4-7-10-13-16-19-22-25-28-30-31-32-33-35-37-40-43-46-49-52-55-58-64(67)70-61-62(60-69-63(66)57-54-51-48-45-42-39-36-27-24-21-18-15-12-9-6-3)71-65(68)59-56-53-50-47-44-41-38-34-29-26-23-20-17-14-11-8-5-2/h8,11,17,20,26,29,38,41,62H,4-7,9-10,12-16,18-19,21-25,27-28,30-37,39-40,42-61H2,1-3H3/b11-8-,20-17-,29-26-,41-38-/t62-/m0/s1. The Morgan fingerprint density at radius 1 is 0.296 bits per heavy atom. The minimum Gasteiger partial charge on any atom is -0.462 e. The number of rotatable bonds is 57. The molecule has 0 spiro atoms. The van der Waals surface area contributed by atoms with Crippen LogP contribution in [0.1, 0.15) is 329 Å². The van der Waals surface area contributed by atoms with E-state index in [1.165, 1.54) is 193 Å². The minimum absolute atomic E-state index is 0.0784. The summed E-state index contributed by atoms with van der Waals surface area (Å²) in [4.78, 5) is 38.3. The fourth-order valence-corrected chi connectivity index (χ4v) is 9.20. The highest BCUT2D eigenvalue weighted by Crippen LogP contribution is 2.17. The van der Waals surface area contributed by atoms with E-state index in [1.807, 2.05) is 0 Å². The summed E-state index contributed by atoms with van der Waals surface area (Å²) in [5.41, 5.74) is 0. The highest BCUT2D eigenvalue weighted by Gasteiger charge is 2.19. The quantitative estimate of drug-likeness (QED) is 0.0261. The summed E-state index contributed by atoms with van der Waals surface area (Å²) in [6, 6.07) is 0. The smallest absolute Gasteiger partial charge is 0.306 e. The fraction of sp³-hybridized carbons (Fsp3) is 0.831. The summed E-state index contributed by atoms with van der Waals surface area (Å²) in [5, 5.41) is 0. The molecule has 1 atom stereocenters. The Morgan fingerprint density at radius 3 is 0.859 bits per heavy atom. The molecule has 0 unspecified atom stereocenters. The van der Waals surface area contributed by atoms with Gasteiger partial charge < -0.3 is 14.2 Å². The van der Waals surface area contributed by atoms with Gasteiger partial charge in [0.2, 0.25) is 0 Å². The lowest BCUT2D eigenvalue weighted by Crippen LogP contribution is -2.30. The number of carbonyl (C=O) groups is 3. The van der Waals surface area contributed by atoms with E-state index >= 15 is 0 Å². The van der Waals surface area contributed by atoms with Crippen LogP contribution < -0.4 is 0 Å². The largest absolute Gasteiger partial charge is 0.462 e. The lowest BCUT2D eigenvalue weighted by Gasteiger charge is -2.18. The maximum Gasteiger partial charge on any atom is 0.306 e. The molecule has 0 aromatic rings. The summed E-state index contributed by atoms with van der Waals surface area (Å²) in [7, 11) is 0. The van der Waals surface area contributed by atoms with Crippen LogP contribution in [0.2, 0.25) is 0 Å². The molecule has 0 N–H and O–H groups in total. The molecular formula is C65H118O6. The van der Waals surface area contributed by atoms with E-state index in [0.717, 1.165) is 96.3 Å². The zero-order valence-electron chi connectivity index (χ0n) is 47.5. The van der Waals surface area contributed by atoms with Crippen molar-refractivity contribution in [2.45, 2.75) is 335 Å². The molecule has 0 heterocycles. The maximum absolute atomic E-state index is 12.9. The van der Waals surface area contributed by atoms with Gasteiger partial charge in [-0.05, 0) is 57.8 Å². The molecule has 0 fully saturated rings. The van der Waals surface area contributed by atoms with E-state index in [1.54, 1.807) is 0 Å². The number of esters is 3. The van der Waals surface area contributed by atoms with Crippen LogP contribution in [-0.4, -0.2) is 37.2 Å². The van der Waals surface area contributed by atoms with Crippen LogP contribution in [0.4, 0.5) is 0 Å². The van der Waals surface area contributed by atoms with Crippen LogP contribution >= 0.6 is 0 Å². The number of allylic oxidation sites excluding steroid dienone is 8. The molecule has 0 rings (SSSR count). The van der Waals surface area contributed by atoms with E-state index in [4.69, 9.17) is 14.2 Å². The molecule has 0 saturated carbocycles. The van der Waals surface area contributed by atoms with Gasteiger partial charge in [-0.1, -0.05) is 301 Å². The van der Waals surface area contributed by atoms with E-state index in [2.05, 4.69) is 69.4 Å². The first-order valence-electron chi connectivity index (χ1n) is 31.1. The predicted molar refractivity (Wildman–Crippen MR) is 307 cm³/mol. The lowest BCUT2D eigenvalue weighted by molar-refractivity contribution is -0.167. The molecule has 0 aliphatic carbocycles. The molecule has 414 valence electrons. The second-order valence-corrected chi connectivity index (χ2v) is 21.0. The molecule has 0 saturated heterocycles. The third-order valence-corrected chi connectivity index (χ3v) is 13.8. The normalized spacial score (nSPS) is 12.3. The van der Waals surface area contributed by atoms with Gasteiger partial charge in [0.05, 0.1) is 0 Å². The maximum atomic E-state index is 12.9. The average molecular weight is 996 g/mol. The first-order valence-corrected chi connectivity index (χ1v) is 31.1. The number of unbranched alkanes of at least 4 members (excludes halogenated alkanes) is 38. The summed E-state index contributed by atoms with van der Waals surface area (Å²) in [6.07, 6.45) is 74.0. The predicted octanol–water partition coefficient (Wildman–Crippen LogP) is 21.0. The Morgan fingerprint density at radius 2 is 0.549 bits per heavy atom. The van der Waals surface area contributed by atoms with Gasteiger partial charge in [-0.3, -0.25) is 14.4 Å². The molecule has 0 aliphatic heterocycles. The van der Waals surface area contributed by atoms with Gasteiger partial charge >= 0.3 is 17.9 Å². The Hall–Kier alpha value is -2.63. The van der Waals surface area contributed by atoms with Crippen molar-refractivity contribution in [2.75, 3.05) is 13.2 Å². The highest BCUT2D eigenvalue weighted by molar-refractivity contribution is 5.71. The Bertz CT molecular complexity index is 1230. The van der Waals surface area contributed by atoms with Gasteiger partial charge in [0.25, 0.3) is 0 Å². The topological polar surface area (TPSA) is 78.9 Å². The molecule has 0 radical (unpaired) electrons. The Labute approximate surface area is 441 Å². The molecular weight excluding hydrogens is 877 g/mol. The molecule has 6 nitrogen and oxygen atoms in total. The number of ether oxygens (including phenoxy) is 3. The van der Waals surface area contributed by atoms with Gasteiger partial charge in [0.1, 0.15) is 13.2 Å². The van der Waals surface area contributed by atoms with Crippen LogP contribution in [0.5, 0.6) is 0 Å². The van der Waals surface area contributed by atoms with E-state index in [0.29, 0.717) is 19.3 Å². The van der Waals surface area contributed by atoms with E-state index < -0.39 is 6.10 Å². The second-order valence-electron chi connectivity index (χ2n) is 21.0. The van der Waals surface area contributed by atoms with Crippen molar-refractivity contribution in [1.82, 2.24) is 0 Å². The molecule has 0 aliphatic rings. The van der Waals surface area contributed by atoms with Crippen LogP contribution in [0.3, 0.4) is 0 Å². The van der Waals surface area contributed by atoms with Gasteiger partial charge in [-0.25, -0.2) is 0 Å². The average Bonchev–Trinajstić information content (AvgIpc) is 3.37. The Kier molecular flexibility index (Phi) is 57.7. The third-order valence-electron chi connectivity index (χ3n) is 13.8. The van der Waals surface area contributed by atoms with Crippen molar-refractivity contribution >= 4 is 17.9 Å². The van der Waals surface area contributed by atoms with Crippen molar-refractivity contribution in [3.8, 4) is 0 Å². The second kappa shape index (κ2) is 59.9. The van der Waals surface area contributed by atoms with Crippen LogP contribution in [0, 0.1) is 0 Å². The molecule has 6 heteroatoms. The van der Waals surface area contributed by atoms with Gasteiger partial charge in [0.15, 0.2) is 6.10 Å². The summed E-state index contributed by atoms with van der Waals surface area (Å²) in [5.74, 6) is -0.881. The first-order chi connectivity index (χ1) is 35.0. The molecule has 0 aromatic carbocycles. The fourth-order valence-electron chi connectivity index (χ4n) is 9.20. The van der Waals surface area contributed by atoms with E-state index in [9.17, 15) is 14.4 Å². The van der Waals surface area contributed by atoms with Crippen molar-refractivity contribution in [1.29, 1.82) is 0 Å². The van der Waals surface area contributed by atoms with Crippen molar-refractivity contribution in [3.63, 3.8) is 0 Å². The molecule has 0 aromatic heterocycles.